The van der Waals surface area contributed by atoms with E-state index in [9.17, 15) is 4.79 Å². The molecule has 0 radical (unpaired) electrons. The molecule has 0 unspecified atom stereocenters. The van der Waals surface area contributed by atoms with Gasteiger partial charge in [-0.15, -0.1) is 0 Å². The molecule has 0 aliphatic heterocycles. The van der Waals surface area contributed by atoms with Crippen LogP contribution in [-0.2, 0) is 6.54 Å². The highest BCUT2D eigenvalue weighted by Gasteiger charge is 2.11. The Morgan fingerprint density at radius 3 is 2.82 bits per heavy atom. The number of amides is 1. The molecule has 22 heavy (non-hydrogen) atoms. The second-order valence-electron chi connectivity index (χ2n) is 5.07. The number of aromatic nitrogens is 2. The van der Waals surface area contributed by atoms with Gasteiger partial charge in [0.2, 0.25) is 0 Å². The number of hydrogen-bond acceptors (Lipinski definition) is 3. The first-order chi connectivity index (χ1) is 10.5. The maximum absolute atomic E-state index is 12.2. The van der Waals surface area contributed by atoms with Crippen LogP contribution in [0.2, 0.25) is 5.02 Å². The molecule has 0 atom stereocenters. The van der Waals surface area contributed by atoms with Crippen LogP contribution in [0.3, 0.4) is 0 Å². The van der Waals surface area contributed by atoms with Crippen molar-refractivity contribution in [3.63, 3.8) is 0 Å². The third-order valence-electron chi connectivity index (χ3n) is 3.48. The zero-order chi connectivity index (χ0) is 16.1. The second-order valence-corrected chi connectivity index (χ2v) is 5.48. The number of rotatable bonds is 6. The number of carbonyl (C=O) groups excluding carboxylic acids is 1. The lowest BCUT2D eigenvalue weighted by Crippen LogP contribution is -2.26. The van der Waals surface area contributed by atoms with Crippen molar-refractivity contribution in [2.75, 3.05) is 13.7 Å². The monoisotopic (exact) mass is 321 g/mol. The normalized spacial score (nSPS) is 10.5. The third-order valence-corrected chi connectivity index (χ3v) is 3.86. The van der Waals surface area contributed by atoms with Gasteiger partial charge in [-0.1, -0.05) is 17.7 Å². The highest BCUT2D eigenvalue weighted by Crippen LogP contribution is 2.20. The van der Waals surface area contributed by atoms with Gasteiger partial charge >= 0.3 is 0 Å². The van der Waals surface area contributed by atoms with Crippen LogP contribution in [0.5, 0.6) is 5.75 Å². The average Bonchev–Trinajstić information content (AvgIpc) is 2.82. The maximum Gasteiger partial charge on any atom is 0.251 e. The minimum Gasteiger partial charge on any atom is -0.496 e. The maximum atomic E-state index is 12.2. The SMILES string of the molecule is COc1cccc(C(=O)NCCCn2cc(Cl)c(C)n2)c1C. The molecule has 6 heteroatoms. The Balaban J connectivity index is 1.85. The van der Waals surface area contributed by atoms with Crippen LogP contribution in [0.15, 0.2) is 24.4 Å². The first-order valence-electron chi connectivity index (χ1n) is 7.14. The average molecular weight is 322 g/mol. The summed E-state index contributed by atoms with van der Waals surface area (Å²) >= 11 is 5.95. The summed E-state index contributed by atoms with van der Waals surface area (Å²) in [7, 11) is 1.60. The summed E-state index contributed by atoms with van der Waals surface area (Å²) in [5, 5.41) is 7.85. The summed E-state index contributed by atoms with van der Waals surface area (Å²) in [6.45, 7) is 5.03. The summed E-state index contributed by atoms with van der Waals surface area (Å²) in [6, 6.07) is 5.45. The highest BCUT2D eigenvalue weighted by atomic mass is 35.5. The Kier molecular flexibility index (Phi) is 5.44. The molecule has 0 saturated carbocycles. The fraction of sp³-hybridized carbons (Fsp3) is 0.375. The van der Waals surface area contributed by atoms with Crippen molar-refractivity contribution in [2.24, 2.45) is 0 Å². The van der Waals surface area contributed by atoms with Gasteiger partial charge in [-0.05, 0) is 32.4 Å². The van der Waals surface area contributed by atoms with E-state index in [4.69, 9.17) is 16.3 Å². The first-order valence-corrected chi connectivity index (χ1v) is 7.52. The minimum atomic E-state index is -0.0916. The van der Waals surface area contributed by atoms with Gasteiger partial charge in [0.1, 0.15) is 5.75 Å². The molecule has 2 rings (SSSR count). The van der Waals surface area contributed by atoms with Crippen molar-refractivity contribution < 1.29 is 9.53 Å². The van der Waals surface area contributed by atoms with E-state index in [-0.39, 0.29) is 5.91 Å². The van der Waals surface area contributed by atoms with E-state index in [1.54, 1.807) is 24.1 Å². The quantitative estimate of drug-likeness (QED) is 0.832. The number of hydrogen-bond donors (Lipinski definition) is 1. The van der Waals surface area contributed by atoms with E-state index < -0.39 is 0 Å². The number of methoxy groups -OCH3 is 1. The van der Waals surface area contributed by atoms with E-state index >= 15 is 0 Å². The number of benzene rings is 1. The molecule has 1 aromatic carbocycles. The molecule has 0 aliphatic rings. The van der Waals surface area contributed by atoms with E-state index in [0.29, 0.717) is 29.4 Å². The van der Waals surface area contributed by atoms with E-state index in [1.165, 1.54) is 0 Å². The topological polar surface area (TPSA) is 56.1 Å². The lowest BCUT2D eigenvalue weighted by atomic mass is 10.1. The van der Waals surface area contributed by atoms with Crippen LogP contribution in [0.25, 0.3) is 0 Å². The number of carbonyl (C=O) groups is 1. The highest BCUT2D eigenvalue weighted by molar-refractivity contribution is 6.31. The summed E-state index contributed by atoms with van der Waals surface area (Å²) in [4.78, 5) is 12.2. The van der Waals surface area contributed by atoms with Crippen molar-refractivity contribution in [2.45, 2.75) is 26.8 Å². The first kappa shape index (κ1) is 16.4. The van der Waals surface area contributed by atoms with Crippen molar-refractivity contribution >= 4 is 17.5 Å². The van der Waals surface area contributed by atoms with Crippen LogP contribution in [0.1, 0.15) is 28.0 Å². The van der Waals surface area contributed by atoms with Gasteiger partial charge in [0.05, 0.1) is 17.8 Å². The molecule has 0 fully saturated rings. The largest absolute Gasteiger partial charge is 0.496 e. The number of ether oxygens (including phenoxy) is 1. The van der Waals surface area contributed by atoms with Crippen molar-refractivity contribution in [3.05, 3.63) is 46.2 Å². The van der Waals surface area contributed by atoms with Gasteiger partial charge in [-0.25, -0.2) is 0 Å². The van der Waals surface area contributed by atoms with Crippen LogP contribution in [-0.4, -0.2) is 29.3 Å². The van der Waals surface area contributed by atoms with Gasteiger partial charge in [0.15, 0.2) is 0 Å². The molecular weight excluding hydrogens is 302 g/mol. The van der Waals surface area contributed by atoms with E-state index in [2.05, 4.69) is 10.4 Å². The standard InChI is InChI=1S/C16H20ClN3O2/c1-11-13(6-4-7-15(11)22-3)16(21)18-8-5-9-20-10-14(17)12(2)19-20/h4,6-7,10H,5,8-9H2,1-3H3,(H,18,21). The Labute approximate surface area is 135 Å². The fourth-order valence-corrected chi connectivity index (χ4v) is 2.38. The van der Waals surface area contributed by atoms with Gasteiger partial charge < -0.3 is 10.1 Å². The van der Waals surface area contributed by atoms with Crippen LogP contribution >= 0.6 is 11.6 Å². The molecule has 0 spiro atoms. The molecular formula is C16H20ClN3O2. The number of nitrogens with one attached hydrogen (secondary N) is 1. The van der Waals surface area contributed by atoms with Gasteiger partial charge in [0, 0.05) is 30.4 Å². The summed E-state index contributed by atoms with van der Waals surface area (Å²) in [5.74, 6) is 0.625. The summed E-state index contributed by atoms with van der Waals surface area (Å²) in [5.41, 5.74) is 2.30. The third kappa shape index (κ3) is 3.80. The molecule has 0 aliphatic carbocycles. The van der Waals surface area contributed by atoms with Crippen molar-refractivity contribution in [3.8, 4) is 5.75 Å². The summed E-state index contributed by atoms with van der Waals surface area (Å²) in [6.07, 6.45) is 2.58. The molecule has 5 nitrogen and oxygen atoms in total. The lowest BCUT2D eigenvalue weighted by molar-refractivity contribution is 0.0951. The zero-order valence-electron chi connectivity index (χ0n) is 13.0. The van der Waals surface area contributed by atoms with Gasteiger partial charge in [-0.3, -0.25) is 9.48 Å². The smallest absolute Gasteiger partial charge is 0.251 e. The molecule has 118 valence electrons. The molecule has 1 amide bonds. The van der Waals surface area contributed by atoms with E-state index in [0.717, 1.165) is 17.7 Å². The lowest BCUT2D eigenvalue weighted by Gasteiger charge is -2.10. The van der Waals surface area contributed by atoms with Crippen molar-refractivity contribution in [1.82, 2.24) is 15.1 Å². The zero-order valence-corrected chi connectivity index (χ0v) is 13.8. The molecule has 1 heterocycles. The van der Waals surface area contributed by atoms with Crippen molar-refractivity contribution in [1.29, 1.82) is 0 Å². The predicted octanol–water partition coefficient (Wildman–Crippen LogP) is 2.98. The Hall–Kier alpha value is -2.01. The number of nitrogens with zero attached hydrogens (tertiary/aromatic N) is 2. The fourth-order valence-electron chi connectivity index (χ4n) is 2.23. The van der Waals surface area contributed by atoms with E-state index in [1.807, 2.05) is 26.0 Å². The molecule has 1 N–H and O–H groups in total. The Morgan fingerprint density at radius 2 is 2.18 bits per heavy atom. The van der Waals surface area contributed by atoms with Gasteiger partial charge in [0.25, 0.3) is 5.91 Å². The molecule has 2 aromatic rings. The molecule has 0 saturated heterocycles. The number of halogens is 1. The van der Waals surface area contributed by atoms with Gasteiger partial charge in [-0.2, -0.15) is 5.10 Å². The number of aryl methyl sites for hydroxylation is 2. The Morgan fingerprint density at radius 1 is 1.41 bits per heavy atom. The van der Waals surface area contributed by atoms with Crippen LogP contribution in [0.4, 0.5) is 0 Å². The molecule has 0 bridgehead atoms. The van der Waals surface area contributed by atoms with Crippen LogP contribution < -0.4 is 10.1 Å². The summed E-state index contributed by atoms with van der Waals surface area (Å²) < 4.78 is 7.02. The Bertz CT molecular complexity index is 648. The minimum absolute atomic E-state index is 0.0916. The van der Waals surface area contributed by atoms with Crippen LogP contribution in [0, 0.1) is 13.8 Å². The molecule has 1 aromatic heterocycles. The predicted molar refractivity (Wildman–Crippen MR) is 86.7 cm³/mol. The second kappa shape index (κ2) is 7.31.